The van der Waals surface area contributed by atoms with Crippen LogP contribution in [0.3, 0.4) is 0 Å². The highest BCUT2D eigenvalue weighted by atomic mass is 19.4. The Kier molecular flexibility index (Phi) is 1.90. The average molecular weight is 153 g/mol. The fourth-order valence-corrected chi connectivity index (χ4v) is 1.31. The van der Waals surface area contributed by atoms with Crippen molar-refractivity contribution in [1.29, 1.82) is 0 Å². The van der Waals surface area contributed by atoms with Gasteiger partial charge in [0.1, 0.15) is 0 Å². The van der Waals surface area contributed by atoms with Gasteiger partial charge >= 0.3 is 6.18 Å². The maximum Gasteiger partial charge on any atom is 0.393 e. The van der Waals surface area contributed by atoms with Crippen LogP contribution in [0.2, 0.25) is 0 Å². The molecule has 0 aromatic rings. The Bertz CT molecular complexity index is 121. The second kappa shape index (κ2) is 2.42. The molecule has 1 rings (SSSR count). The normalized spacial score (nSPS) is 34.8. The van der Waals surface area contributed by atoms with Crippen molar-refractivity contribution in [3.63, 3.8) is 0 Å². The molecule has 1 N–H and O–H groups in total. The van der Waals surface area contributed by atoms with Gasteiger partial charge in [0, 0.05) is 6.04 Å². The highest BCUT2D eigenvalue weighted by molar-refractivity contribution is 4.84. The number of nitrogens with one attached hydrogen (secondary N) is 1. The third-order valence-corrected chi connectivity index (χ3v) is 1.95. The molecule has 0 aromatic carbocycles. The predicted molar refractivity (Wildman–Crippen MR) is 31.6 cm³/mol. The van der Waals surface area contributed by atoms with Crippen molar-refractivity contribution in [3.05, 3.63) is 0 Å². The minimum atomic E-state index is -4.01. The lowest BCUT2D eigenvalue weighted by molar-refractivity contribution is -0.175. The van der Waals surface area contributed by atoms with Gasteiger partial charge in [0.15, 0.2) is 0 Å². The van der Waals surface area contributed by atoms with Crippen LogP contribution in [0.4, 0.5) is 13.2 Å². The van der Waals surface area contributed by atoms with Gasteiger partial charge < -0.3 is 5.32 Å². The van der Waals surface area contributed by atoms with Gasteiger partial charge in [-0.2, -0.15) is 13.2 Å². The number of halogens is 3. The maximum absolute atomic E-state index is 12.0. The van der Waals surface area contributed by atoms with Gasteiger partial charge in [0.05, 0.1) is 5.92 Å². The summed E-state index contributed by atoms with van der Waals surface area (Å²) < 4.78 is 35.9. The second-order valence-corrected chi connectivity index (χ2v) is 2.68. The molecule has 4 heteroatoms. The molecule has 0 saturated carbocycles. The second-order valence-electron chi connectivity index (χ2n) is 2.68. The third-order valence-electron chi connectivity index (χ3n) is 1.95. The van der Waals surface area contributed by atoms with Gasteiger partial charge in [0.2, 0.25) is 0 Å². The predicted octanol–water partition coefficient (Wildman–Crippen LogP) is 1.55. The Labute approximate surface area is 57.6 Å². The van der Waals surface area contributed by atoms with E-state index in [0.717, 1.165) is 0 Å². The Balaban J connectivity index is 2.55. The van der Waals surface area contributed by atoms with Gasteiger partial charge in [-0.1, -0.05) is 0 Å². The van der Waals surface area contributed by atoms with Crippen LogP contribution in [0, 0.1) is 5.92 Å². The summed E-state index contributed by atoms with van der Waals surface area (Å²) in [6.45, 7) is 2.07. The molecular formula is C6H10F3N. The van der Waals surface area contributed by atoms with Crippen molar-refractivity contribution in [2.24, 2.45) is 5.92 Å². The molecule has 1 saturated heterocycles. The van der Waals surface area contributed by atoms with E-state index in [4.69, 9.17) is 0 Å². The summed E-state index contributed by atoms with van der Waals surface area (Å²) in [5.41, 5.74) is 0. The monoisotopic (exact) mass is 153 g/mol. The van der Waals surface area contributed by atoms with E-state index < -0.39 is 18.1 Å². The molecule has 10 heavy (non-hydrogen) atoms. The van der Waals surface area contributed by atoms with E-state index in [2.05, 4.69) is 5.32 Å². The zero-order valence-corrected chi connectivity index (χ0v) is 5.70. The Morgan fingerprint density at radius 1 is 1.40 bits per heavy atom. The molecule has 60 valence electrons. The molecule has 0 amide bonds. The lowest BCUT2D eigenvalue weighted by atomic mass is 10.0. The first-order valence-electron chi connectivity index (χ1n) is 3.32. The summed E-state index contributed by atoms with van der Waals surface area (Å²) in [6.07, 6.45) is -3.78. The third kappa shape index (κ3) is 1.42. The molecule has 1 aliphatic rings. The van der Waals surface area contributed by atoms with E-state index in [1.54, 1.807) is 6.92 Å². The first-order chi connectivity index (χ1) is 4.52. The van der Waals surface area contributed by atoms with Crippen molar-refractivity contribution in [2.75, 3.05) is 6.54 Å². The highest BCUT2D eigenvalue weighted by Gasteiger charge is 2.44. The molecule has 2 atom stereocenters. The maximum atomic E-state index is 12.0. The van der Waals surface area contributed by atoms with Crippen LogP contribution in [0.5, 0.6) is 0 Å². The number of rotatable bonds is 0. The van der Waals surface area contributed by atoms with Gasteiger partial charge in [0.25, 0.3) is 0 Å². The summed E-state index contributed by atoms with van der Waals surface area (Å²) in [6, 6.07) is -0.403. The average Bonchev–Trinajstić information content (AvgIpc) is 2.11. The quantitative estimate of drug-likeness (QED) is 0.556. The van der Waals surface area contributed by atoms with Crippen molar-refractivity contribution in [3.8, 4) is 0 Å². The SMILES string of the molecule is C[C@H]1NCC[C@H]1C(F)(F)F. The minimum Gasteiger partial charge on any atom is -0.314 e. The number of hydrogen-bond acceptors (Lipinski definition) is 1. The van der Waals surface area contributed by atoms with Crippen molar-refractivity contribution in [1.82, 2.24) is 5.32 Å². The van der Waals surface area contributed by atoms with E-state index in [0.29, 0.717) is 6.54 Å². The lowest BCUT2D eigenvalue weighted by Gasteiger charge is -2.17. The van der Waals surface area contributed by atoms with E-state index in [1.807, 2.05) is 0 Å². The smallest absolute Gasteiger partial charge is 0.314 e. The molecule has 1 aliphatic heterocycles. The van der Waals surface area contributed by atoms with Crippen LogP contribution in [0.25, 0.3) is 0 Å². The first kappa shape index (κ1) is 7.85. The van der Waals surface area contributed by atoms with Gasteiger partial charge in [-0.25, -0.2) is 0 Å². The number of hydrogen-bond donors (Lipinski definition) is 1. The molecule has 0 spiro atoms. The molecule has 0 aromatic heterocycles. The fourth-order valence-electron chi connectivity index (χ4n) is 1.31. The molecular weight excluding hydrogens is 143 g/mol. The van der Waals surface area contributed by atoms with Gasteiger partial charge in [-0.15, -0.1) is 0 Å². The molecule has 0 aliphatic carbocycles. The Hall–Kier alpha value is -0.250. The van der Waals surface area contributed by atoms with E-state index >= 15 is 0 Å². The standard InChI is InChI=1S/C6H10F3N/c1-4-5(2-3-10-4)6(7,8)9/h4-5,10H,2-3H2,1H3/t4-,5-/m1/s1. The first-order valence-corrected chi connectivity index (χ1v) is 3.32. The molecule has 0 unspecified atom stereocenters. The summed E-state index contributed by atoms with van der Waals surface area (Å²) >= 11 is 0. The number of alkyl halides is 3. The Morgan fingerprint density at radius 3 is 2.20 bits per heavy atom. The summed E-state index contributed by atoms with van der Waals surface area (Å²) in [5.74, 6) is -1.13. The topological polar surface area (TPSA) is 12.0 Å². The van der Waals surface area contributed by atoms with Crippen molar-refractivity contribution < 1.29 is 13.2 Å². The van der Waals surface area contributed by atoms with Crippen molar-refractivity contribution >= 4 is 0 Å². The molecule has 0 bridgehead atoms. The van der Waals surface area contributed by atoms with Gasteiger partial charge in [-0.05, 0) is 19.9 Å². The zero-order valence-electron chi connectivity index (χ0n) is 5.70. The molecule has 1 fully saturated rings. The molecule has 1 heterocycles. The fraction of sp³-hybridized carbons (Fsp3) is 1.00. The lowest BCUT2D eigenvalue weighted by Crippen LogP contribution is -2.32. The molecule has 0 radical (unpaired) electrons. The van der Waals surface area contributed by atoms with Crippen LogP contribution in [0.1, 0.15) is 13.3 Å². The van der Waals surface area contributed by atoms with Crippen LogP contribution in [-0.2, 0) is 0 Å². The van der Waals surface area contributed by atoms with E-state index in [9.17, 15) is 13.2 Å². The van der Waals surface area contributed by atoms with Crippen LogP contribution in [0.15, 0.2) is 0 Å². The van der Waals surface area contributed by atoms with E-state index in [1.165, 1.54) is 0 Å². The van der Waals surface area contributed by atoms with Crippen LogP contribution < -0.4 is 5.32 Å². The van der Waals surface area contributed by atoms with E-state index in [-0.39, 0.29) is 6.42 Å². The summed E-state index contributed by atoms with van der Waals surface area (Å²) in [5, 5.41) is 2.76. The summed E-state index contributed by atoms with van der Waals surface area (Å²) in [4.78, 5) is 0. The zero-order chi connectivity index (χ0) is 7.78. The minimum absolute atomic E-state index is 0.227. The molecule has 1 nitrogen and oxygen atoms in total. The van der Waals surface area contributed by atoms with Crippen LogP contribution >= 0.6 is 0 Å². The summed E-state index contributed by atoms with van der Waals surface area (Å²) in [7, 11) is 0. The van der Waals surface area contributed by atoms with Crippen LogP contribution in [-0.4, -0.2) is 18.8 Å². The van der Waals surface area contributed by atoms with Gasteiger partial charge in [-0.3, -0.25) is 0 Å². The Morgan fingerprint density at radius 2 is 2.00 bits per heavy atom. The van der Waals surface area contributed by atoms with Crippen molar-refractivity contribution in [2.45, 2.75) is 25.6 Å². The largest absolute Gasteiger partial charge is 0.393 e. The highest BCUT2D eigenvalue weighted by Crippen LogP contribution is 2.33.